The number of benzene rings is 3. The summed E-state index contributed by atoms with van der Waals surface area (Å²) in [5.74, 6) is -0.185. The van der Waals surface area contributed by atoms with Crippen LogP contribution in [0.4, 0.5) is 21.9 Å². The van der Waals surface area contributed by atoms with Crippen LogP contribution in [0.3, 0.4) is 0 Å². The van der Waals surface area contributed by atoms with Gasteiger partial charge in [-0.2, -0.15) is 0 Å². The van der Waals surface area contributed by atoms with Gasteiger partial charge in [0.2, 0.25) is 0 Å². The third-order valence-electron chi connectivity index (χ3n) is 4.50. The van der Waals surface area contributed by atoms with Gasteiger partial charge < -0.3 is 16.0 Å². The molecule has 0 aromatic heterocycles. The average molecular weight is 422 g/mol. The van der Waals surface area contributed by atoms with Crippen LogP contribution >= 0.6 is 11.6 Å². The van der Waals surface area contributed by atoms with Crippen molar-refractivity contribution < 1.29 is 9.59 Å². The first-order chi connectivity index (χ1) is 14.2. The molecule has 5 nitrogen and oxygen atoms in total. The molecule has 0 aliphatic rings. The first-order valence-electron chi connectivity index (χ1n) is 9.56. The molecule has 154 valence electrons. The molecule has 0 bridgehead atoms. The minimum atomic E-state index is -0.381. The van der Waals surface area contributed by atoms with Crippen LogP contribution in [0.1, 0.15) is 36.7 Å². The molecule has 3 N–H and O–H groups in total. The molecule has 0 saturated heterocycles. The molecule has 0 aliphatic heterocycles. The average Bonchev–Trinajstić information content (AvgIpc) is 2.69. The molecule has 3 amide bonds. The van der Waals surface area contributed by atoms with Gasteiger partial charge in [0, 0.05) is 27.6 Å². The van der Waals surface area contributed by atoms with E-state index in [0.717, 1.165) is 0 Å². The number of hydrogen-bond donors (Lipinski definition) is 3. The predicted octanol–water partition coefficient (Wildman–Crippen LogP) is 6.53. The number of carbonyl (C=O) groups excluding carboxylic acids is 2. The Labute approximate surface area is 181 Å². The van der Waals surface area contributed by atoms with Crippen molar-refractivity contribution in [2.24, 2.45) is 0 Å². The summed E-state index contributed by atoms with van der Waals surface area (Å²) >= 11 is 5.91. The van der Waals surface area contributed by atoms with Crippen molar-refractivity contribution in [3.05, 3.63) is 88.9 Å². The lowest BCUT2D eigenvalue weighted by Crippen LogP contribution is -2.19. The van der Waals surface area contributed by atoms with Gasteiger partial charge >= 0.3 is 6.03 Å². The number of rotatable bonds is 4. The monoisotopic (exact) mass is 421 g/mol. The second kappa shape index (κ2) is 9.01. The third-order valence-corrected chi connectivity index (χ3v) is 4.73. The summed E-state index contributed by atoms with van der Waals surface area (Å²) in [4.78, 5) is 24.6. The number of urea groups is 1. The maximum Gasteiger partial charge on any atom is 0.323 e. The molecular weight excluding hydrogens is 398 g/mol. The van der Waals surface area contributed by atoms with Gasteiger partial charge in [0.1, 0.15) is 0 Å². The fourth-order valence-electron chi connectivity index (χ4n) is 2.82. The molecule has 0 unspecified atom stereocenters. The van der Waals surface area contributed by atoms with Crippen LogP contribution in [0.25, 0.3) is 0 Å². The predicted molar refractivity (Wildman–Crippen MR) is 124 cm³/mol. The van der Waals surface area contributed by atoms with E-state index in [1.165, 1.54) is 5.56 Å². The molecular formula is C24H24ClN3O2. The Hall–Kier alpha value is -3.31. The van der Waals surface area contributed by atoms with E-state index in [-0.39, 0.29) is 17.4 Å². The van der Waals surface area contributed by atoms with E-state index in [1.54, 1.807) is 48.5 Å². The first kappa shape index (κ1) is 21.4. The summed E-state index contributed by atoms with van der Waals surface area (Å²) in [6.07, 6.45) is 0. The zero-order valence-corrected chi connectivity index (χ0v) is 17.9. The van der Waals surface area contributed by atoms with Crippen LogP contribution in [0, 0.1) is 0 Å². The topological polar surface area (TPSA) is 70.2 Å². The minimum absolute atomic E-state index is 0.0386. The van der Waals surface area contributed by atoms with Crippen LogP contribution in [0.15, 0.2) is 72.8 Å². The summed E-state index contributed by atoms with van der Waals surface area (Å²) in [7, 11) is 0. The Morgan fingerprint density at radius 1 is 0.733 bits per heavy atom. The molecule has 0 fully saturated rings. The van der Waals surface area contributed by atoms with Crippen LogP contribution in [-0.4, -0.2) is 11.9 Å². The summed E-state index contributed by atoms with van der Waals surface area (Å²) in [6.45, 7) is 6.40. The highest BCUT2D eigenvalue weighted by molar-refractivity contribution is 6.30. The lowest BCUT2D eigenvalue weighted by molar-refractivity contribution is 0.102. The largest absolute Gasteiger partial charge is 0.323 e. The van der Waals surface area contributed by atoms with Gasteiger partial charge in [-0.3, -0.25) is 4.79 Å². The number of hydrogen-bond acceptors (Lipinski definition) is 2. The van der Waals surface area contributed by atoms with E-state index in [2.05, 4.69) is 36.7 Å². The number of halogens is 1. The number of anilines is 3. The van der Waals surface area contributed by atoms with Crippen molar-refractivity contribution in [3.63, 3.8) is 0 Å². The molecule has 0 atom stereocenters. The van der Waals surface area contributed by atoms with E-state index in [9.17, 15) is 9.59 Å². The Morgan fingerprint density at radius 2 is 1.30 bits per heavy atom. The maximum absolute atomic E-state index is 12.5. The lowest BCUT2D eigenvalue weighted by Gasteiger charge is -2.19. The molecule has 0 aliphatic carbocycles. The summed E-state index contributed by atoms with van der Waals surface area (Å²) < 4.78 is 0. The van der Waals surface area contributed by atoms with Gasteiger partial charge in [-0.1, -0.05) is 50.6 Å². The Balaban J connectivity index is 1.57. The highest BCUT2D eigenvalue weighted by Crippen LogP contribution is 2.23. The molecule has 0 heterocycles. The van der Waals surface area contributed by atoms with E-state index < -0.39 is 0 Å². The van der Waals surface area contributed by atoms with Crippen molar-refractivity contribution >= 4 is 40.6 Å². The van der Waals surface area contributed by atoms with E-state index in [1.807, 2.05) is 24.3 Å². The fourth-order valence-corrected chi connectivity index (χ4v) is 3.01. The van der Waals surface area contributed by atoms with Gasteiger partial charge in [0.15, 0.2) is 0 Å². The van der Waals surface area contributed by atoms with Crippen LogP contribution in [0.5, 0.6) is 0 Å². The van der Waals surface area contributed by atoms with Crippen molar-refractivity contribution in [1.82, 2.24) is 0 Å². The maximum atomic E-state index is 12.5. The van der Waals surface area contributed by atoms with Crippen LogP contribution in [-0.2, 0) is 5.41 Å². The normalized spacial score (nSPS) is 10.9. The Kier molecular flexibility index (Phi) is 6.43. The van der Waals surface area contributed by atoms with Crippen molar-refractivity contribution in [2.45, 2.75) is 26.2 Å². The second-order valence-electron chi connectivity index (χ2n) is 7.95. The number of carbonyl (C=O) groups is 2. The SMILES string of the molecule is CC(C)(C)c1ccc(C(=O)Nc2ccc(NC(=O)Nc3cccc(Cl)c3)cc2)cc1. The quantitative estimate of drug-likeness (QED) is 0.448. The van der Waals surface area contributed by atoms with Gasteiger partial charge in [-0.25, -0.2) is 4.79 Å². The van der Waals surface area contributed by atoms with Crippen molar-refractivity contribution in [3.8, 4) is 0 Å². The highest BCUT2D eigenvalue weighted by atomic mass is 35.5. The standard InChI is InChI=1S/C24H24ClN3O2/c1-24(2,3)17-9-7-16(8-10-17)22(29)26-19-11-13-20(14-12-19)27-23(30)28-21-6-4-5-18(25)15-21/h4-15H,1-3H3,(H,26,29)(H2,27,28,30). The molecule has 30 heavy (non-hydrogen) atoms. The van der Waals surface area contributed by atoms with Gasteiger partial charge in [-0.05, 0) is 65.6 Å². The van der Waals surface area contributed by atoms with E-state index in [0.29, 0.717) is 27.6 Å². The minimum Gasteiger partial charge on any atom is -0.322 e. The summed E-state index contributed by atoms with van der Waals surface area (Å²) in [6, 6.07) is 21.0. The molecule has 0 spiro atoms. The number of amides is 3. The zero-order chi connectivity index (χ0) is 21.7. The second-order valence-corrected chi connectivity index (χ2v) is 8.38. The summed E-state index contributed by atoms with van der Waals surface area (Å²) in [5.41, 5.74) is 3.64. The highest BCUT2D eigenvalue weighted by Gasteiger charge is 2.14. The van der Waals surface area contributed by atoms with Crippen molar-refractivity contribution in [2.75, 3.05) is 16.0 Å². The third kappa shape index (κ3) is 5.84. The molecule has 0 saturated carbocycles. The molecule has 3 rings (SSSR count). The van der Waals surface area contributed by atoms with Crippen molar-refractivity contribution in [1.29, 1.82) is 0 Å². The van der Waals surface area contributed by atoms with Gasteiger partial charge in [0.05, 0.1) is 0 Å². The van der Waals surface area contributed by atoms with Gasteiger partial charge in [-0.15, -0.1) is 0 Å². The van der Waals surface area contributed by atoms with Gasteiger partial charge in [0.25, 0.3) is 5.91 Å². The van der Waals surface area contributed by atoms with E-state index in [4.69, 9.17) is 11.6 Å². The fraction of sp³-hybridized carbons (Fsp3) is 0.167. The first-order valence-corrected chi connectivity index (χ1v) is 9.94. The smallest absolute Gasteiger partial charge is 0.322 e. The van der Waals surface area contributed by atoms with Crippen LogP contribution < -0.4 is 16.0 Å². The molecule has 6 heteroatoms. The molecule has 3 aromatic rings. The Morgan fingerprint density at radius 3 is 1.87 bits per heavy atom. The molecule has 3 aromatic carbocycles. The number of nitrogens with one attached hydrogen (secondary N) is 3. The zero-order valence-electron chi connectivity index (χ0n) is 17.1. The lowest BCUT2D eigenvalue weighted by atomic mass is 9.87. The van der Waals surface area contributed by atoms with Crippen LogP contribution in [0.2, 0.25) is 5.02 Å². The Bertz CT molecular complexity index is 1040. The summed E-state index contributed by atoms with van der Waals surface area (Å²) in [5, 5.41) is 8.85. The van der Waals surface area contributed by atoms with E-state index >= 15 is 0 Å². The molecule has 0 radical (unpaired) electrons.